The van der Waals surface area contributed by atoms with Crippen molar-refractivity contribution >= 4 is 89.0 Å². The molecule has 2 aliphatic rings. The van der Waals surface area contributed by atoms with Gasteiger partial charge in [-0.05, 0) is 92.1 Å². The molecule has 0 saturated carbocycles. The summed E-state index contributed by atoms with van der Waals surface area (Å²) in [5.74, 6) is -0.174. The number of nitrogens with zero attached hydrogens (tertiary/aromatic N) is 4. The van der Waals surface area contributed by atoms with Gasteiger partial charge in [-0.3, -0.25) is 17.9 Å². The van der Waals surface area contributed by atoms with E-state index in [0.717, 1.165) is 22.2 Å². The highest BCUT2D eigenvalue weighted by atomic mass is 19.1. The fraction of sp³-hybridized carbons (Fsp3) is 0.0952. The minimum absolute atomic E-state index is 0.0183. The Morgan fingerprint density at radius 1 is 0.542 bits per heavy atom. The summed E-state index contributed by atoms with van der Waals surface area (Å²) in [6.45, 7) is 6.81. The zero-order valence-corrected chi connectivity index (χ0v) is 26.7. The molecule has 0 amide bonds. The fourth-order valence-corrected chi connectivity index (χ4v) is 9.28. The molecule has 226 valence electrons. The van der Waals surface area contributed by atoms with Crippen molar-refractivity contribution in [3.8, 4) is 11.4 Å². The van der Waals surface area contributed by atoms with Crippen LogP contribution in [0.1, 0.15) is 26.3 Å². The second kappa shape index (κ2) is 8.03. The van der Waals surface area contributed by atoms with Gasteiger partial charge < -0.3 is 0 Å². The van der Waals surface area contributed by atoms with Gasteiger partial charge in [-0.2, -0.15) is 0 Å². The summed E-state index contributed by atoms with van der Waals surface area (Å²) in [6, 6.07) is 41.5. The highest BCUT2D eigenvalue weighted by molar-refractivity contribution is 7.01. The first-order valence-corrected chi connectivity index (χ1v) is 16.8. The number of hydrogen-bond acceptors (Lipinski definition) is 0. The van der Waals surface area contributed by atoms with Crippen LogP contribution in [0.4, 0.5) is 4.39 Å². The van der Waals surface area contributed by atoms with Gasteiger partial charge in [0.05, 0.1) is 33.1 Å². The van der Waals surface area contributed by atoms with E-state index in [1.54, 1.807) is 0 Å². The van der Waals surface area contributed by atoms with E-state index in [0.29, 0.717) is 11.0 Å². The summed E-state index contributed by atoms with van der Waals surface area (Å²) in [5, 5.41) is 4.36. The number of rotatable bonds is 0. The van der Waals surface area contributed by atoms with E-state index in [1.807, 2.05) is 24.3 Å². The molecule has 0 N–H and O–H groups in total. The molecule has 6 heteroatoms. The molecule has 0 bridgehead atoms. The molecule has 0 aliphatic carbocycles. The van der Waals surface area contributed by atoms with E-state index in [2.05, 4.69) is 130 Å². The van der Waals surface area contributed by atoms with Gasteiger partial charge in [0.15, 0.2) is 11.5 Å². The zero-order valence-electron chi connectivity index (χ0n) is 26.7. The Kier molecular flexibility index (Phi) is 4.24. The average molecular weight is 619 g/mol. The van der Waals surface area contributed by atoms with E-state index in [4.69, 9.17) is 0 Å². The molecule has 12 rings (SSSR count). The fourth-order valence-electron chi connectivity index (χ4n) is 9.28. The SMILES string of the molecule is CC(C)(C)c1cc2c3c(c1)-n1c4c(cccc4n4c5ccccc5c(F)c14)B3c1c3ccccc3n3c4cc5ccccc5cc4n-2c13. The minimum atomic E-state index is -0.174. The summed E-state index contributed by atoms with van der Waals surface area (Å²) in [5.41, 5.74) is 15.6. The van der Waals surface area contributed by atoms with E-state index in [9.17, 15) is 0 Å². The van der Waals surface area contributed by atoms with Gasteiger partial charge in [-0.1, -0.05) is 87.5 Å². The van der Waals surface area contributed by atoms with Crippen LogP contribution in [0, 0.1) is 5.82 Å². The summed E-state index contributed by atoms with van der Waals surface area (Å²) < 4.78 is 26.2. The molecular formula is C42H28BFN4. The Balaban J connectivity index is 1.38. The molecule has 0 unspecified atom stereocenters. The van der Waals surface area contributed by atoms with Crippen molar-refractivity contribution in [3.63, 3.8) is 0 Å². The number of halogens is 1. The Morgan fingerprint density at radius 3 is 1.90 bits per heavy atom. The third-order valence-electron chi connectivity index (χ3n) is 11.3. The van der Waals surface area contributed by atoms with Crippen molar-refractivity contribution in [1.82, 2.24) is 17.9 Å². The predicted molar refractivity (Wildman–Crippen MR) is 198 cm³/mol. The third-order valence-corrected chi connectivity index (χ3v) is 11.3. The lowest BCUT2D eigenvalue weighted by Crippen LogP contribution is -2.59. The van der Waals surface area contributed by atoms with Crippen LogP contribution in [0.25, 0.3) is 77.3 Å². The summed E-state index contributed by atoms with van der Waals surface area (Å²) in [4.78, 5) is 0. The molecule has 0 fully saturated rings. The van der Waals surface area contributed by atoms with Crippen molar-refractivity contribution in [2.24, 2.45) is 0 Å². The zero-order chi connectivity index (χ0) is 31.8. The maximum Gasteiger partial charge on any atom is 0.255 e. The van der Waals surface area contributed by atoms with Crippen LogP contribution in [0.5, 0.6) is 0 Å². The summed E-state index contributed by atoms with van der Waals surface area (Å²) in [6.07, 6.45) is 0. The van der Waals surface area contributed by atoms with Crippen molar-refractivity contribution in [3.05, 3.63) is 127 Å². The van der Waals surface area contributed by atoms with E-state index >= 15 is 4.39 Å². The first-order chi connectivity index (χ1) is 23.4. The van der Waals surface area contributed by atoms with Gasteiger partial charge in [0.1, 0.15) is 5.65 Å². The van der Waals surface area contributed by atoms with Gasteiger partial charge in [0.2, 0.25) is 0 Å². The molecule has 10 aromatic rings. The van der Waals surface area contributed by atoms with Gasteiger partial charge in [-0.25, -0.2) is 4.39 Å². The molecule has 48 heavy (non-hydrogen) atoms. The second-order valence-corrected chi connectivity index (χ2v) is 14.8. The average Bonchev–Trinajstić information content (AvgIpc) is 3.81. The molecule has 0 radical (unpaired) electrons. The van der Waals surface area contributed by atoms with Gasteiger partial charge >= 0.3 is 0 Å². The van der Waals surface area contributed by atoms with Crippen molar-refractivity contribution in [2.45, 2.75) is 26.2 Å². The lowest BCUT2D eigenvalue weighted by Gasteiger charge is -2.34. The lowest BCUT2D eigenvalue weighted by atomic mass is 9.34. The van der Waals surface area contributed by atoms with Crippen molar-refractivity contribution in [2.75, 3.05) is 0 Å². The monoisotopic (exact) mass is 618 g/mol. The molecule has 6 aromatic carbocycles. The lowest BCUT2D eigenvalue weighted by molar-refractivity contribution is 0.589. The Morgan fingerprint density at radius 2 is 1.15 bits per heavy atom. The maximum atomic E-state index is 16.8. The van der Waals surface area contributed by atoms with Crippen LogP contribution in [-0.2, 0) is 5.41 Å². The van der Waals surface area contributed by atoms with Crippen LogP contribution < -0.4 is 16.4 Å². The van der Waals surface area contributed by atoms with E-state index in [-0.39, 0.29) is 17.9 Å². The van der Waals surface area contributed by atoms with Crippen molar-refractivity contribution in [1.29, 1.82) is 0 Å². The predicted octanol–water partition coefficient (Wildman–Crippen LogP) is 8.12. The highest BCUT2D eigenvalue weighted by Crippen LogP contribution is 2.41. The minimum Gasteiger partial charge on any atom is -0.295 e. The molecule has 4 nitrogen and oxygen atoms in total. The standard InChI is InChI=1S/C42H28BFN4/c1-42(2,3)25-21-34-37-35(22-25)48-39-28(15-10-18-31(39)45-30-17-9-7-14-27(30)38(44)41(45)48)43(37)36-26-13-6-8-16-29(26)46-32-19-23-11-4-5-12-24(23)20-33(32)47(34)40(36)46/h4-22H,1-3H3. The number of imidazole rings is 2. The molecule has 0 spiro atoms. The topological polar surface area (TPSA) is 18.7 Å². The number of fused-ring (bicyclic) bond motifs is 16. The molecular weight excluding hydrogens is 590 g/mol. The van der Waals surface area contributed by atoms with Crippen molar-refractivity contribution < 1.29 is 4.39 Å². The Labute approximate surface area is 274 Å². The molecule has 6 heterocycles. The first kappa shape index (κ1) is 25.4. The normalized spacial score (nSPS) is 13.8. The van der Waals surface area contributed by atoms with E-state index < -0.39 is 0 Å². The van der Waals surface area contributed by atoms with Crippen LogP contribution in [0.2, 0.25) is 0 Å². The largest absolute Gasteiger partial charge is 0.295 e. The first-order valence-electron chi connectivity index (χ1n) is 16.8. The quantitative estimate of drug-likeness (QED) is 0.153. The molecule has 2 aliphatic heterocycles. The number of hydrogen-bond donors (Lipinski definition) is 0. The number of para-hydroxylation sites is 3. The highest BCUT2D eigenvalue weighted by Gasteiger charge is 2.44. The van der Waals surface area contributed by atoms with Gasteiger partial charge in [0, 0.05) is 16.8 Å². The maximum absolute atomic E-state index is 16.8. The molecule has 4 aromatic heterocycles. The van der Waals surface area contributed by atoms with Crippen LogP contribution >= 0.6 is 0 Å². The molecule has 0 saturated heterocycles. The van der Waals surface area contributed by atoms with Gasteiger partial charge in [-0.15, -0.1) is 0 Å². The summed E-state index contributed by atoms with van der Waals surface area (Å²) >= 11 is 0. The Hall–Kier alpha value is -5.75. The number of aromatic nitrogens is 4. The number of benzene rings is 6. The van der Waals surface area contributed by atoms with Crippen LogP contribution in [0.3, 0.4) is 0 Å². The van der Waals surface area contributed by atoms with Crippen LogP contribution in [0.15, 0.2) is 115 Å². The van der Waals surface area contributed by atoms with Crippen LogP contribution in [-0.4, -0.2) is 24.6 Å². The van der Waals surface area contributed by atoms with Gasteiger partial charge in [0.25, 0.3) is 6.71 Å². The summed E-state index contributed by atoms with van der Waals surface area (Å²) in [7, 11) is 0. The van der Waals surface area contributed by atoms with E-state index in [1.165, 1.54) is 66.0 Å². The molecule has 0 atom stereocenters. The smallest absolute Gasteiger partial charge is 0.255 e. The second-order valence-electron chi connectivity index (χ2n) is 14.8. The Bertz CT molecular complexity index is 3120. The third kappa shape index (κ3) is 2.71.